The van der Waals surface area contributed by atoms with Crippen LogP contribution in [0.5, 0.6) is 0 Å². The second-order valence-corrected chi connectivity index (χ2v) is 8.40. The molecule has 0 aliphatic carbocycles. The van der Waals surface area contributed by atoms with Gasteiger partial charge < -0.3 is 19.9 Å². The average molecular weight is 440 g/mol. The lowest BCUT2D eigenvalue weighted by Crippen LogP contribution is -2.42. The molecule has 0 bridgehead atoms. The van der Waals surface area contributed by atoms with Crippen LogP contribution in [0.15, 0.2) is 53.3 Å². The van der Waals surface area contributed by atoms with Crippen molar-refractivity contribution in [2.45, 2.75) is 39.0 Å². The first-order chi connectivity index (χ1) is 15.0. The maximum absolute atomic E-state index is 13.3. The van der Waals surface area contributed by atoms with E-state index in [1.807, 2.05) is 36.1 Å². The topological polar surface area (TPSA) is 57.4 Å². The van der Waals surface area contributed by atoms with Gasteiger partial charge in [0.15, 0.2) is 5.11 Å². The third-order valence-corrected chi connectivity index (χ3v) is 5.92. The molecule has 1 unspecified atom stereocenters. The predicted molar refractivity (Wildman–Crippen MR) is 125 cm³/mol. The van der Waals surface area contributed by atoms with Crippen molar-refractivity contribution in [2.75, 3.05) is 13.2 Å². The van der Waals surface area contributed by atoms with Crippen LogP contribution in [-0.2, 0) is 17.8 Å². The normalized spacial score (nSPS) is 15.9. The molecule has 31 heavy (non-hydrogen) atoms. The summed E-state index contributed by atoms with van der Waals surface area (Å²) >= 11 is 5.66. The molecule has 162 valence electrons. The third-order valence-electron chi connectivity index (χ3n) is 5.52. The second-order valence-electron chi connectivity index (χ2n) is 8.02. The van der Waals surface area contributed by atoms with E-state index in [1.165, 1.54) is 12.1 Å². The largest absolute Gasteiger partial charge is 0.376 e. The van der Waals surface area contributed by atoms with E-state index in [1.54, 1.807) is 12.1 Å². The van der Waals surface area contributed by atoms with Crippen LogP contribution in [0.1, 0.15) is 29.5 Å². The Morgan fingerprint density at radius 3 is 2.77 bits per heavy atom. The van der Waals surface area contributed by atoms with Crippen molar-refractivity contribution >= 4 is 28.2 Å². The number of fused-ring (bicyclic) bond motifs is 1. The van der Waals surface area contributed by atoms with Gasteiger partial charge in [-0.3, -0.25) is 4.79 Å². The van der Waals surface area contributed by atoms with Crippen molar-refractivity contribution in [3.8, 4) is 0 Å². The maximum Gasteiger partial charge on any atom is 0.253 e. The van der Waals surface area contributed by atoms with Crippen LogP contribution in [0.2, 0.25) is 0 Å². The van der Waals surface area contributed by atoms with Crippen LogP contribution < -0.4 is 10.9 Å². The molecule has 2 N–H and O–H groups in total. The lowest BCUT2D eigenvalue weighted by molar-refractivity contribution is 0.113. The zero-order valence-electron chi connectivity index (χ0n) is 17.5. The van der Waals surface area contributed by atoms with Crippen LogP contribution in [0.3, 0.4) is 0 Å². The van der Waals surface area contributed by atoms with Gasteiger partial charge >= 0.3 is 0 Å². The summed E-state index contributed by atoms with van der Waals surface area (Å²) in [6, 6.07) is 14.2. The van der Waals surface area contributed by atoms with Crippen LogP contribution in [0, 0.1) is 12.7 Å². The van der Waals surface area contributed by atoms with E-state index in [0.29, 0.717) is 30.3 Å². The minimum Gasteiger partial charge on any atom is -0.376 e. The molecule has 7 heteroatoms. The van der Waals surface area contributed by atoms with Crippen LogP contribution in [0.4, 0.5) is 4.39 Å². The van der Waals surface area contributed by atoms with Crippen molar-refractivity contribution in [2.24, 2.45) is 0 Å². The van der Waals surface area contributed by atoms with Gasteiger partial charge in [-0.2, -0.15) is 0 Å². The number of nitrogens with one attached hydrogen (secondary N) is 2. The summed E-state index contributed by atoms with van der Waals surface area (Å²) in [4.78, 5) is 17.7. The first-order valence-electron chi connectivity index (χ1n) is 10.5. The summed E-state index contributed by atoms with van der Waals surface area (Å²) in [5.41, 5.74) is 3.31. The first kappa shape index (κ1) is 21.5. The number of thiocarbonyl (C=S) groups is 1. The summed E-state index contributed by atoms with van der Waals surface area (Å²) in [7, 11) is 0. The summed E-state index contributed by atoms with van der Waals surface area (Å²) in [5, 5.41) is 4.80. The second kappa shape index (κ2) is 9.58. The van der Waals surface area contributed by atoms with Crippen LogP contribution >= 0.6 is 12.2 Å². The average Bonchev–Trinajstić information content (AvgIpc) is 3.27. The molecule has 1 aliphatic rings. The molecule has 0 spiro atoms. The molecule has 5 nitrogen and oxygen atoms in total. The standard InChI is InChI=1S/C24H26FN3O2S/c1-16-4-7-18-12-19(23(29)27-22(18)11-16)15-28(14-17-5-8-20(25)9-6-17)24(31)26-13-21-3-2-10-30-21/h4-9,11-12,21H,2-3,10,13-15H2,1H3,(H,26,31)(H,27,29). The van der Waals surface area contributed by atoms with Gasteiger partial charge in [0.2, 0.25) is 0 Å². The highest BCUT2D eigenvalue weighted by Crippen LogP contribution is 2.16. The van der Waals surface area contributed by atoms with Gasteiger partial charge in [0.1, 0.15) is 5.82 Å². The van der Waals surface area contributed by atoms with Gasteiger partial charge in [0, 0.05) is 30.8 Å². The monoisotopic (exact) mass is 439 g/mol. The molecular formula is C24H26FN3O2S. The van der Waals surface area contributed by atoms with Crippen molar-refractivity contribution in [1.29, 1.82) is 0 Å². The summed E-state index contributed by atoms with van der Waals surface area (Å²) in [5.74, 6) is -0.282. The molecule has 1 fully saturated rings. The summed E-state index contributed by atoms with van der Waals surface area (Å²) < 4.78 is 19.0. The molecule has 1 atom stereocenters. The number of hydrogen-bond donors (Lipinski definition) is 2. The van der Waals surface area contributed by atoms with Crippen molar-refractivity contribution in [3.63, 3.8) is 0 Å². The molecule has 1 saturated heterocycles. The molecular weight excluding hydrogens is 413 g/mol. The fourth-order valence-electron chi connectivity index (χ4n) is 3.81. The lowest BCUT2D eigenvalue weighted by Gasteiger charge is -2.27. The van der Waals surface area contributed by atoms with E-state index >= 15 is 0 Å². The molecule has 3 aromatic rings. The van der Waals surface area contributed by atoms with E-state index < -0.39 is 0 Å². The molecule has 0 radical (unpaired) electrons. The van der Waals surface area contributed by atoms with E-state index in [4.69, 9.17) is 17.0 Å². The van der Waals surface area contributed by atoms with Gasteiger partial charge in [-0.05, 0) is 72.8 Å². The van der Waals surface area contributed by atoms with E-state index in [-0.39, 0.29) is 17.5 Å². The minimum absolute atomic E-state index is 0.135. The minimum atomic E-state index is -0.282. The number of rotatable bonds is 6. The molecule has 2 heterocycles. The highest BCUT2D eigenvalue weighted by Gasteiger charge is 2.18. The number of aromatic amines is 1. The number of halogens is 1. The zero-order chi connectivity index (χ0) is 21.8. The quantitative estimate of drug-likeness (QED) is 0.568. The molecule has 0 amide bonds. The first-order valence-corrected chi connectivity index (χ1v) is 10.9. The van der Waals surface area contributed by atoms with Crippen LogP contribution in [0.25, 0.3) is 10.9 Å². The predicted octanol–water partition coefficient (Wildman–Crippen LogP) is 4.03. The number of aryl methyl sites for hydroxylation is 1. The highest BCUT2D eigenvalue weighted by molar-refractivity contribution is 7.80. The van der Waals surface area contributed by atoms with Crippen LogP contribution in [-0.4, -0.2) is 34.3 Å². The molecule has 1 aliphatic heterocycles. The Hall–Kier alpha value is -2.77. The Balaban J connectivity index is 1.56. The van der Waals surface area contributed by atoms with Crippen molar-refractivity contribution < 1.29 is 9.13 Å². The van der Waals surface area contributed by atoms with E-state index in [9.17, 15) is 9.18 Å². The maximum atomic E-state index is 13.3. The fourth-order valence-corrected chi connectivity index (χ4v) is 4.02. The van der Waals surface area contributed by atoms with Gasteiger partial charge in [-0.1, -0.05) is 24.3 Å². The van der Waals surface area contributed by atoms with E-state index in [0.717, 1.165) is 41.5 Å². The number of nitrogens with zero attached hydrogens (tertiary/aromatic N) is 1. The van der Waals surface area contributed by atoms with Gasteiger partial charge in [-0.15, -0.1) is 0 Å². The molecule has 0 saturated carbocycles. The Morgan fingerprint density at radius 2 is 2.03 bits per heavy atom. The third kappa shape index (κ3) is 5.48. The number of ether oxygens (including phenoxy) is 1. The van der Waals surface area contributed by atoms with E-state index in [2.05, 4.69) is 10.3 Å². The fraction of sp³-hybridized carbons (Fsp3) is 0.333. The Labute approximate surface area is 186 Å². The lowest BCUT2D eigenvalue weighted by atomic mass is 10.1. The van der Waals surface area contributed by atoms with Gasteiger partial charge in [0.25, 0.3) is 5.56 Å². The Bertz CT molecular complexity index is 1120. The van der Waals surface area contributed by atoms with Crippen molar-refractivity contribution in [1.82, 2.24) is 15.2 Å². The zero-order valence-corrected chi connectivity index (χ0v) is 18.3. The number of hydrogen-bond acceptors (Lipinski definition) is 3. The molecule has 2 aromatic carbocycles. The van der Waals surface area contributed by atoms with Gasteiger partial charge in [-0.25, -0.2) is 4.39 Å². The summed E-state index contributed by atoms with van der Waals surface area (Å²) in [6.07, 6.45) is 2.22. The molecule has 1 aromatic heterocycles. The Morgan fingerprint density at radius 1 is 1.23 bits per heavy atom. The number of pyridine rings is 1. The van der Waals surface area contributed by atoms with Crippen molar-refractivity contribution in [3.05, 3.63) is 81.4 Å². The van der Waals surface area contributed by atoms with Gasteiger partial charge in [0.05, 0.1) is 12.6 Å². The Kier molecular flexibility index (Phi) is 6.63. The number of aromatic nitrogens is 1. The smallest absolute Gasteiger partial charge is 0.253 e. The SMILES string of the molecule is Cc1ccc2cc(CN(Cc3ccc(F)cc3)C(=S)NCC3CCCO3)c(=O)[nH]c2c1. The highest BCUT2D eigenvalue weighted by atomic mass is 32.1. The number of H-pyrrole nitrogens is 1. The summed E-state index contributed by atoms with van der Waals surface area (Å²) in [6.45, 7) is 4.21. The number of benzene rings is 2. The molecule has 4 rings (SSSR count).